The Morgan fingerprint density at radius 2 is 2.28 bits per heavy atom. The molecule has 0 saturated heterocycles. The molecule has 0 heterocycles. The predicted octanol–water partition coefficient (Wildman–Crippen LogP) is 2.61. The van der Waals surface area contributed by atoms with E-state index in [1.54, 1.807) is 6.07 Å². The highest BCUT2D eigenvalue weighted by molar-refractivity contribution is 6.30. The molecule has 3 nitrogen and oxygen atoms in total. The lowest BCUT2D eigenvalue weighted by molar-refractivity contribution is -0.121. The maximum atomic E-state index is 12.9. The third-order valence-corrected chi connectivity index (χ3v) is 2.87. The monoisotopic (exact) mass is 272 g/mol. The normalized spacial score (nSPS) is 12.2. The molecule has 0 saturated carbocycles. The summed E-state index contributed by atoms with van der Waals surface area (Å²) in [6.07, 6.45) is 2.10. The van der Waals surface area contributed by atoms with Crippen LogP contribution < -0.4 is 11.1 Å². The molecule has 1 aromatic rings. The third-order valence-electron chi connectivity index (χ3n) is 2.58. The lowest BCUT2D eigenvalue weighted by Crippen LogP contribution is -2.31. The molecule has 0 aliphatic heterocycles. The minimum atomic E-state index is -0.461. The molecule has 0 bridgehead atoms. The van der Waals surface area contributed by atoms with E-state index in [1.807, 2.05) is 6.92 Å². The first-order valence-corrected chi connectivity index (χ1v) is 6.37. The number of carbonyl (C=O) groups is 1. The van der Waals surface area contributed by atoms with Crippen LogP contribution in [0, 0.1) is 5.82 Å². The Labute approximate surface area is 112 Å². The molecular weight excluding hydrogens is 255 g/mol. The molecule has 0 spiro atoms. The molecule has 0 fully saturated rings. The fraction of sp³-hybridized carbons (Fsp3) is 0.462. The summed E-state index contributed by atoms with van der Waals surface area (Å²) in [7, 11) is 0. The summed E-state index contributed by atoms with van der Waals surface area (Å²) in [5.41, 5.74) is 6.53. The summed E-state index contributed by atoms with van der Waals surface area (Å²) >= 11 is 5.65. The molecule has 3 N–H and O–H groups in total. The Morgan fingerprint density at radius 3 is 2.89 bits per heavy atom. The number of carbonyl (C=O) groups excluding carboxylic acids is 1. The first-order chi connectivity index (χ1) is 8.52. The van der Waals surface area contributed by atoms with Gasteiger partial charge in [-0.3, -0.25) is 4.79 Å². The molecule has 1 aromatic carbocycles. The third kappa shape index (κ3) is 5.02. The minimum absolute atomic E-state index is 0.0597. The molecule has 18 heavy (non-hydrogen) atoms. The molecule has 0 aromatic heterocycles. The van der Waals surface area contributed by atoms with Crippen molar-refractivity contribution in [2.24, 2.45) is 5.73 Å². The van der Waals surface area contributed by atoms with Crippen LogP contribution in [-0.2, 0) is 11.3 Å². The van der Waals surface area contributed by atoms with Gasteiger partial charge in [-0.1, -0.05) is 31.0 Å². The van der Waals surface area contributed by atoms with E-state index in [0.29, 0.717) is 13.0 Å². The maximum absolute atomic E-state index is 12.9. The lowest BCUT2D eigenvalue weighted by atomic mass is 10.1. The van der Waals surface area contributed by atoms with Gasteiger partial charge in [-0.05, 0) is 24.1 Å². The first-order valence-electron chi connectivity index (χ1n) is 5.99. The molecule has 0 aliphatic rings. The van der Waals surface area contributed by atoms with E-state index in [2.05, 4.69) is 5.32 Å². The molecule has 1 atom stereocenters. The van der Waals surface area contributed by atoms with E-state index in [9.17, 15) is 9.18 Å². The van der Waals surface area contributed by atoms with Gasteiger partial charge in [-0.15, -0.1) is 0 Å². The zero-order chi connectivity index (χ0) is 13.5. The van der Waals surface area contributed by atoms with Crippen LogP contribution >= 0.6 is 11.6 Å². The number of nitrogens with two attached hydrogens (primary N) is 1. The molecule has 0 aliphatic carbocycles. The van der Waals surface area contributed by atoms with E-state index in [0.717, 1.165) is 18.4 Å². The van der Waals surface area contributed by atoms with Crippen molar-refractivity contribution in [1.29, 1.82) is 0 Å². The number of amides is 1. The van der Waals surface area contributed by atoms with Crippen LogP contribution in [0.3, 0.4) is 0 Å². The number of halogens is 2. The van der Waals surface area contributed by atoms with Crippen LogP contribution in [0.15, 0.2) is 18.2 Å². The fourth-order valence-corrected chi connectivity index (χ4v) is 1.84. The van der Waals surface area contributed by atoms with Gasteiger partial charge in [0.25, 0.3) is 0 Å². The van der Waals surface area contributed by atoms with E-state index in [-0.39, 0.29) is 17.0 Å². The molecule has 1 rings (SSSR count). The van der Waals surface area contributed by atoms with Crippen molar-refractivity contribution in [2.75, 3.05) is 0 Å². The number of hydrogen-bond donors (Lipinski definition) is 2. The smallest absolute Gasteiger partial charge is 0.221 e. The van der Waals surface area contributed by atoms with Crippen LogP contribution in [0.2, 0.25) is 5.02 Å². The SMILES string of the molecule is CCCC(N)CC(=O)NCc1ccc(F)c(Cl)c1. The van der Waals surface area contributed by atoms with Gasteiger partial charge >= 0.3 is 0 Å². The quantitative estimate of drug-likeness (QED) is 0.836. The van der Waals surface area contributed by atoms with Gasteiger partial charge in [0, 0.05) is 19.0 Å². The van der Waals surface area contributed by atoms with Crippen molar-refractivity contribution in [2.45, 2.75) is 38.8 Å². The van der Waals surface area contributed by atoms with Crippen molar-refractivity contribution in [3.63, 3.8) is 0 Å². The van der Waals surface area contributed by atoms with Gasteiger partial charge in [0.2, 0.25) is 5.91 Å². The van der Waals surface area contributed by atoms with Crippen LogP contribution in [0.4, 0.5) is 4.39 Å². The Bertz CT molecular complexity index is 412. The second kappa shape index (κ2) is 7.34. The van der Waals surface area contributed by atoms with Gasteiger partial charge < -0.3 is 11.1 Å². The fourth-order valence-electron chi connectivity index (χ4n) is 1.63. The van der Waals surface area contributed by atoms with Crippen molar-refractivity contribution < 1.29 is 9.18 Å². The number of benzene rings is 1. The van der Waals surface area contributed by atoms with Crippen LogP contribution in [0.5, 0.6) is 0 Å². The van der Waals surface area contributed by atoms with Gasteiger partial charge in [0.05, 0.1) is 5.02 Å². The molecule has 100 valence electrons. The summed E-state index contributed by atoms with van der Waals surface area (Å²) in [6.45, 7) is 2.36. The highest BCUT2D eigenvalue weighted by Gasteiger charge is 2.08. The first kappa shape index (κ1) is 14.9. The molecule has 1 unspecified atom stereocenters. The summed E-state index contributed by atoms with van der Waals surface area (Å²) in [6, 6.07) is 4.27. The van der Waals surface area contributed by atoms with Gasteiger partial charge in [0.15, 0.2) is 0 Å². The van der Waals surface area contributed by atoms with Crippen LogP contribution in [0.25, 0.3) is 0 Å². The topological polar surface area (TPSA) is 55.1 Å². The molecular formula is C13H18ClFN2O. The van der Waals surface area contributed by atoms with Crippen molar-refractivity contribution in [3.05, 3.63) is 34.6 Å². The molecule has 0 radical (unpaired) electrons. The average molecular weight is 273 g/mol. The Kier molecular flexibility index (Phi) is 6.09. The van der Waals surface area contributed by atoms with Gasteiger partial charge in [-0.2, -0.15) is 0 Å². The maximum Gasteiger partial charge on any atom is 0.221 e. The van der Waals surface area contributed by atoms with E-state index in [1.165, 1.54) is 12.1 Å². The summed E-state index contributed by atoms with van der Waals surface area (Å²) < 4.78 is 12.9. The largest absolute Gasteiger partial charge is 0.352 e. The standard InChI is InChI=1S/C13H18ClFN2O/c1-2-3-10(16)7-13(18)17-8-9-4-5-12(15)11(14)6-9/h4-6,10H,2-3,7-8,16H2,1H3,(H,17,18). The number of nitrogens with one attached hydrogen (secondary N) is 1. The predicted molar refractivity (Wildman–Crippen MR) is 70.8 cm³/mol. The van der Waals surface area contributed by atoms with Gasteiger partial charge in [0.1, 0.15) is 5.82 Å². The minimum Gasteiger partial charge on any atom is -0.352 e. The lowest BCUT2D eigenvalue weighted by Gasteiger charge is -2.10. The average Bonchev–Trinajstić information content (AvgIpc) is 2.31. The van der Waals surface area contributed by atoms with E-state index < -0.39 is 5.82 Å². The Morgan fingerprint density at radius 1 is 1.56 bits per heavy atom. The Hall–Kier alpha value is -1.13. The Balaban J connectivity index is 2.40. The molecule has 5 heteroatoms. The van der Waals surface area contributed by atoms with Crippen molar-refractivity contribution in [1.82, 2.24) is 5.32 Å². The van der Waals surface area contributed by atoms with E-state index in [4.69, 9.17) is 17.3 Å². The summed E-state index contributed by atoms with van der Waals surface area (Å²) in [5.74, 6) is -0.562. The second-order valence-electron chi connectivity index (χ2n) is 4.28. The van der Waals surface area contributed by atoms with Crippen LogP contribution in [0.1, 0.15) is 31.7 Å². The van der Waals surface area contributed by atoms with Gasteiger partial charge in [-0.25, -0.2) is 4.39 Å². The van der Waals surface area contributed by atoms with Crippen LogP contribution in [-0.4, -0.2) is 11.9 Å². The zero-order valence-corrected chi connectivity index (χ0v) is 11.1. The number of hydrogen-bond acceptors (Lipinski definition) is 2. The second-order valence-corrected chi connectivity index (χ2v) is 4.69. The highest BCUT2D eigenvalue weighted by atomic mass is 35.5. The van der Waals surface area contributed by atoms with Crippen molar-refractivity contribution >= 4 is 17.5 Å². The van der Waals surface area contributed by atoms with Crippen molar-refractivity contribution in [3.8, 4) is 0 Å². The molecule has 1 amide bonds. The zero-order valence-electron chi connectivity index (χ0n) is 10.4. The number of rotatable bonds is 6. The van der Waals surface area contributed by atoms with E-state index >= 15 is 0 Å². The summed E-state index contributed by atoms with van der Waals surface area (Å²) in [4.78, 5) is 11.6. The summed E-state index contributed by atoms with van der Waals surface area (Å²) in [5, 5.41) is 2.79. The highest BCUT2D eigenvalue weighted by Crippen LogP contribution is 2.15.